The van der Waals surface area contributed by atoms with E-state index < -0.39 is 0 Å². The standard InChI is InChI=1S/C17H17BrN4O2S/c18-12-3-4-13-11(10-12)5-7-22(13)8-6-15(23)19-17-21-20-16(25-17)14-2-1-9-24-14/h3-5,7,10,14H,1-2,6,8-9H2,(H,19,21,23)/t14-/m0/s1. The van der Waals surface area contributed by atoms with E-state index in [9.17, 15) is 4.79 Å². The molecule has 0 unspecified atom stereocenters. The third kappa shape index (κ3) is 3.75. The van der Waals surface area contributed by atoms with E-state index in [2.05, 4.69) is 54.2 Å². The van der Waals surface area contributed by atoms with Crippen molar-refractivity contribution in [2.75, 3.05) is 11.9 Å². The highest BCUT2D eigenvalue weighted by atomic mass is 79.9. The molecule has 1 aromatic carbocycles. The number of halogens is 1. The highest BCUT2D eigenvalue weighted by Crippen LogP contribution is 2.31. The Morgan fingerprint density at radius 2 is 2.32 bits per heavy atom. The summed E-state index contributed by atoms with van der Waals surface area (Å²) >= 11 is 4.87. The van der Waals surface area contributed by atoms with Crippen LogP contribution in [0, 0.1) is 0 Å². The molecule has 1 amide bonds. The number of aromatic nitrogens is 3. The van der Waals surface area contributed by atoms with Gasteiger partial charge in [0.15, 0.2) is 0 Å². The molecular weight excluding hydrogens is 404 g/mol. The molecule has 2 aromatic heterocycles. The topological polar surface area (TPSA) is 69.0 Å². The summed E-state index contributed by atoms with van der Waals surface area (Å²) in [6.07, 6.45) is 4.44. The number of amides is 1. The summed E-state index contributed by atoms with van der Waals surface area (Å²) in [6, 6.07) is 8.18. The number of nitrogens with zero attached hydrogens (tertiary/aromatic N) is 3. The van der Waals surface area contributed by atoms with Gasteiger partial charge in [-0.25, -0.2) is 0 Å². The first-order valence-corrected chi connectivity index (χ1v) is 9.79. The van der Waals surface area contributed by atoms with E-state index in [4.69, 9.17) is 4.74 Å². The monoisotopic (exact) mass is 420 g/mol. The number of carbonyl (C=O) groups is 1. The third-order valence-corrected chi connectivity index (χ3v) is 5.63. The molecule has 6 nitrogen and oxygen atoms in total. The fourth-order valence-electron chi connectivity index (χ4n) is 2.96. The van der Waals surface area contributed by atoms with Gasteiger partial charge in [0.25, 0.3) is 0 Å². The average Bonchev–Trinajstić information content (AvgIpc) is 3.33. The SMILES string of the molecule is O=C(CCn1ccc2cc(Br)ccc21)Nc1nnc([C@@H]2CCCO2)s1. The molecule has 0 bridgehead atoms. The van der Waals surface area contributed by atoms with Crippen LogP contribution in [0.1, 0.15) is 30.4 Å². The van der Waals surface area contributed by atoms with Crippen LogP contribution in [0.3, 0.4) is 0 Å². The van der Waals surface area contributed by atoms with Gasteiger partial charge in [0, 0.05) is 41.1 Å². The maximum absolute atomic E-state index is 12.2. The van der Waals surface area contributed by atoms with Crippen molar-refractivity contribution < 1.29 is 9.53 Å². The number of aryl methyl sites for hydroxylation is 1. The lowest BCUT2D eigenvalue weighted by Gasteiger charge is -2.05. The molecule has 1 saturated heterocycles. The van der Waals surface area contributed by atoms with Crippen LogP contribution in [0.4, 0.5) is 5.13 Å². The average molecular weight is 421 g/mol. The smallest absolute Gasteiger partial charge is 0.227 e. The molecule has 1 aliphatic rings. The molecule has 8 heteroatoms. The Labute approximate surface area is 157 Å². The van der Waals surface area contributed by atoms with Gasteiger partial charge in [0.1, 0.15) is 11.1 Å². The molecule has 1 N–H and O–H groups in total. The van der Waals surface area contributed by atoms with Crippen LogP contribution in [0.5, 0.6) is 0 Å². The van der Waals surface area contributed by atoms with Crippen molar-refractivity contribution in [1.29, 1.82) is 0 Å². The van der Waals surface area contributed by atoms with Gasteiger partial charge < -0.3 is 14.6 Å². The van der Waals surface area contributed by atoms with Crippen LogP contribution in [-0.4, -0.2) is 27.3 Å². The Morgan fingerprint density at radius 1 is 1.40 bits per heavy atom. The summed E-state index contributed by atoms with van der Waals surface area (Å²) in [5.41, 5.74) is 1.12. The molecule has 3 aromatic rings. The summed E-state index contributed by atoms with van der Waals surface area (Å²) in [5, 5.41) is 13.5. The normalized spacial score (nSPS) is 17.2. The maximum Gasteiger partial charge on any atom is 0.227 e. The molecular formula is C17H17BrN4O2S. The van der Waals surface area contributed by atoms with Crippen molar-refractivity contribution >= 4 is 49.2 Å². The first-order chi connectivity index (χ1) is 12.2. The van der Waals surface area contributed by atoms with Crippen molar-refractivity contribution in [2.24, 2.45) is 0 Å². The molecule has 25 heavy (non-hydrogen) atoms. The number of fused-ring (bicyclic) bond motifs is 1. The number of ether oxygens (including phenoxy) is 1. The summed E-state index contributed by atoms with van der Waals surface area (Å²) in [6.45, 7) is 1.39. The van der Waals surface area contributed by atoms with Crippen LogP contribution >= 0.6 is 27.3 Å². The Morgan fingerprint density at radius 3 is 3.16 bits per heavy atom. The fourth-order valence-corrected chi connectivity index (χ4v) is 4.18. The zero-order chi connectivity index (χ0) is 17.2. The van der Waals surface area contributed by atoms with Crippen molar-refractivity contribution in [1.82, 2.24) is 14.8 Å². The largest absolute Gasteiger partial charge is 0.371 e. The predicted molar refractivity (Wildman–Crippen MR) is 101 cm³/mol. The fraction of sp³-hybridized carbons (Fsp3) is 0.353. The lowest BCUT2D eigenvalue weighted by molar-refractivity contribution is -0.116. The number of hydrogen-bond acceptors (Lipinski definition) is 5. The zero-order valence-corrected chi connectivity index (χ0v) is 15.8. The van der Waals surface area contributed by atoms with Crippen LogP contribution in [0.15, 0.2) is 34.9 Å². The number of rotatable bonds is 5. The van der Waals surface area contributed by atoms with Gasteiger partial charge in [-0.05, 0) is 37.1 Å². The van der Waals surface area contributed by atoms with Gasteiger partial charge in [0.2, 0.25) is 11.0 Å². The molecule has 3 heterocycles. The molecule has 130 valence electrons. The predicted octanol–water partition coefficient (Wildman–Crippen LogP) is 4.14. The first-order valence-electron chi connectivity index (χ1n) is 8.18. The minimum atomic E-state index is -0.0611. The zero-order valence-electron chi connectivity index (χ0n) is 13.4. The number of hydrogen-bond donors (Lipinski definition) is 1. The molecule has 0 saturated carbocycles. The van der Waals surface area contributed by atoms with Gasteiger partial charge >= 0.3 is 0 Å². The highest BCUT2D eigenvalue weighted by Gasteiger charge is 2.22. The van der Waals surface area contributed by atoms with Crippen LogP contribution in [-0.2, 0) is 16.1 Å². The quantitative estimate of drug-likeness (QED) is 0.673. The second-order valence-electron chi connectivity index (χ2n) is 5.96. The van der Waals surface area contributed by atoms with Crippen molar-refractivity contribution in [2.45, 2.75) is 31.9 Å². The van der Waals surface area contributed by atoms with E-state index in [0.717, 1.165) is 39.8 Å². The summed E-state index contributed by atoms with van der Waals surface area (Å²) < 4.78 is 8.72. The molecule has 0 radical (unpaired) electrons. The molecule has 4 rings (SSSR count). The Bertz CT molecular complexity index is 901. The summed E-state index contributed by atoms with van der Waals surface area (Å²) in [4.78, 5) is 12.2. The lowest BCUT2D eigenvalue weighted by Crippen LogP contribution is -2.14. The minimum Gasteiger partial charge on any atom is -0.371 e. The number of anilines is 1. The summed E-state index contributed by atoms with van der Waals surface area (Å²) in [7, 11) is 0. The lowest BCUT2D eigenvalue weighted by atomic mass is 10.2. The van der Waals surface area contributed by atoms with Crippen molar-refractivity contribution in [3.8, 4) is 0 Å². The van der Waals surface area contributed by atoms with Gasteiger partial charge in [0.05, 0.1) is 0 Å². The number of nitrogens with one attached hydrogen (secondary N) is 1. The number of carbonyl (C=O) groups excluding carboxylic acids is 1. The van der Waals surface area contributed by atoms with Gasteiger partial charge in [-0.1, -0.05) is 27.3 Å². The van der Waals surface area contributed by atoms with E-state index in [0.29, 0.717) is 18.1 Å². The van der Waals surface area contributed by atoms with E-state index in [1.54, 1.807) is 0 Å². The van der Waals surface area contributed by atoms with Crippen molar-refractivity contribution in [3.05, 3.63) is 39.9 Å². The Kier molecular flexibility index (Phi) is 4.82. The van der Waals surface area contributed by atoms with E-state index >= 15 is 0 Å². The second-order valence-corrected chi connectivity index (χ2v) is 7.88. The van der Waals surface area contributed by atoms with E-state index in [1.807, 2.05) is 12.3 Å². The van der Waals surface area contributed by atoms with Crippen LogP contribution < -0.4 is 5.32 Å². The van der Waals surface area contributed by atoms with Crippen LogP contribution in [0.25, 0.3) is 10.9 Å². The molecule has 0 aliphatic carbocycles. The van der Waals surface area contributed by atoms with Crippen LogP contribution in [0.2, 0.25) is 0 Å². The molecule has 1 atom stereocenters. The number of benzene rings is 1. The Hall–Kier alpha value is -1.77. The third-order valence-electron chi connectivity index (χ3n) is 4.20. The van der Waals surface area contributed by atoms with Gasteiger partial charge in [-0.15, -0.1) is 10.2 Å². The maximum atomic E-state index is 12.2. The van der Waals surface area contributed by atoms with E-state index in [-0.39, 0.29) is 12.0 Å². The minimum absolute atomic E-state index is 0.0358. The van der Waals surface area contributed by atoms with E-state index in [1.165, 1.54) is 11.3 Å². The molecule has 1 fully saturated rings. The van der Waals surface area contributed by atoms with Gasteiger partial charge in [-0.3, -0.25) is 4.79 Å². The second kappa shape index (κ2) is 7.23. The Balaban J connectivity index is 1.35. The van der Waals surface area contributed by atoms with Crippen molar-refractivity contribution in [3.63, 3.8) is 0 Å². The first kappa shape index (κ1) is 16.7. The molecule has 0 spiro atoms. The molecule has 1 aliphatic heterocycles. The highest BCUT2D eigenvalue weighted by molar-refractivity contribution is 9.10. The van der Waals surface area contributed by atoms with Gasteiger partial charge in [-0.2, -0.15) is 0 Å². The summed E-state index contributed by atoms with van der Waals surface area (Å²) in [5.74, 6) is -0.0611.